The van der Waals surface area contributed by atoms with E-state index in [1.54, 1.807) is 0 Å². The van der Waals surface area contributed by atoms with E-state index in [0.29, 0.717) is 6.42 Å². The van der Waals surface area contributed by atoms with E-state index < -0.39 is 0 Å². The molecule has 90 valence electrons. The van der Waals surface area contributed by atoms with Gasteiger partial charge in [-0.1, -0.05) is 12.1 Å². The summed E-state index contributed by atoms with van der Waals surface area (Å²) in [4.78, 5) is 6.58. The summed E-state index contributed by atoms with van der Waals surface area (Å²) in [6, 6.07) is 4.23. The molecule has 1 rings (SSSR count). The van der Waals surface area contributed by atoms with Gasteiger partial charge in [0.2, 0.25) is 0 Å². The fourth-order valence-corrected chi connectivity index (χ4v) is 1.71. The predicted octanol–water partition coefficient (Wildman–Crippen LogP) is 3.09. The monoisotopic (exact) mass is 228 g/mol. The molecular formula is C15H20N2. The standard InChI is InChI=1S/C15H20N2/c1-6-8-14-9-12(3)15(13(4)10-14)16-11-17(5)7-2/h1,9-11H,7-8H2,2-5H3. The van der Waals surface area contributed by atoms with Crippen molar-refractivity contribution < 1.29 is 0 Å². The molecule has 0 radical (unpaired) electrons. The van der Waals surface area contributed by atoms with Crippen LogP contribution in [0.1, 0.15) is 23.6 Å². The van der Waals surface area contributed by atoms with E-state index in [9.17, 15) is 0 Å². The molecule has 0 N–H and O–H groups in total. The second-order valence-corrected chi connectivity index (χ2v) is 4.28. The maximum atomic E-state index is 5.33. The summed E-state index contributed by atoms with van der Waals surface area (Å²) in [6.45, 7) is 7.20. The third kappa shape index (κ3) is 3.64. The van der Waals surface area contributed by atoms with E-state index in [1.165, 1.54) is 16.7 Å². The van der Waals surface area contributed by atoms with Crippen LogP contribution in [0, 0.1) is 26.2 Å². The molecule has 0 aromatic heterocycles. The molecule has 0 atom stereocenters. The zero-order valence-corrected chi connectivity index (χ0v) is 11.1. The summed E-state index contributed by atoms with van der Waals surface area (Å²) in [5.74, 6) is 2.67. The molecule has 0 spiro atoms. The molecule has 2 heteroatoms. The quantitative estimate of drug-likeness (QED) is 0.439. The first kappa shape index (κ1) is 13.3. The summed E-state index contributed by atoms with van der Waals surface area (Å²) in [7, 11) is 2.01. The predicted molar refractivity (Wildman–Crippen MR) is 74.9 cm³/mol. The van der Waals surface area contributed by atoms with Crippen LogP contribution in [0.4, 0.5) is 5.69 Å². The molecule has 0 fully saturated rings. The van der Waals surface area contributed by atoms with Crippen molar-refractivity contribution in [3.05, 3.63) is 28.8 Å². The molecular weight excluding hydrogens is 208 g/mol. The molecule has 1 aromatic rings. The second kappa shape index (κ2) is 6.10. The molecule has 1 aromatic carbocycles. The Bertz CT molecular complexity index is 429. The van der Waals surface area contributed by atoms with Gasteiger partial charge in [-0.05, 0) is 37.5 Å². The fraction of sp³-hybridized carbons (Fsp3) is 0.400. The van der Waals surface area contributed by atoms with Crippen molar-refractivity contribution in [3.8, 4) is 12.3 Å². The minimum absolute atomic E-state index is 0.681. The Morgan fingerprint density at radius 2 is 1.94 bits per heavy atom. The Labute approximate surface area is 104 Å². The number of terminal acetylenes is 1. The number of rotatable bonds is 4. The Balaban J connectivity index is 3.02. The minimum atomic E-state index is 0.681. The smallest absolute Gasteiger partial charge is 0.0909 e. The highest BCUT2D eigenvalue weighted by Gasteiger charge is 2.03. The summed E-state index contributed by atoms with van der Waals surface area (Å²) in [6.07, 6.45) is 7.88. The summed E-state index contributed by atoms with van der Waals surface area (Å²) in [5, 5.41) is 0. The zero-order chi connectivity index (χ0) is 12.8. The summed E-state index contributed by atoms with van der Waals surface area (Å²) < 4.78 is 0. The van der Waals surface area contributed by atoms with E-state index in [-0.39, 0.29) is 0 Å². The van der Waals surface area contributed by atoms with Crippen molar-refractivity contribution in [1.29, 1.82) is 0 Å². The van der Waals surface area contributed by atoms with Gasteiger partial charge >= 0.3 is 0 Å². The Kier molecular flexibility index (Phi) is 4.78. The minimum Gasteiger partial charge on any atom is -0.366 e. The van der Waals surface area contributed by atoms with Crippen molar-refractivity contribution in [2.75, 3.05) is 13.6 Å². The highest BCUT2D eigenvalue weighted by Crippen LogP contribution is 2.25. The van der Waals surface area contributed by atoms with E-state index in [4.69, 9.17) is 6.42 Å². The van der Waals surface area contributed by atoms with E-state index in [0.717, 1.165) is 12.2 Å². The first-order valence-electron chi connectivity index (χ1n) is 5.86. The SMILES string of the molecule is C#CCc1cc(C)c(N=CN(C)CC)c(C)c1. The second-order valence-electron chi connectivity index (χ2n) is 4.28. The van der Waals surface area contributed by atoms with Crippen LogP contribution in [0.25, 0.3) is 0 Å². The largest absolute Gasteiger partial charge is 0.366 e. The Morgan fingerprint density at radius 1 is 1.35 bits per heavy atom. The van der Waals surface area contributed by atoms with Crippen LogP contribution < -0.4 is 0 Å². The van der Waals surface area contributed by atoms with Crippen LogP contribution in [0.15, 0.2) is 17.1 Å². The first-order valence-corrected chi connectivity index (χ1v) is 5.86. The number of aliphatic imine (C=N–C) groups is 1. The molecule has 0 saturated heterocycles. The molecule has 0 heterocycles. The summed E-state index contributed by atoms with van der Waals surface area (Å²) >= 11 is 0. The van der Waals surface area contributed by atoms with Crippen molar-refractivity contribution in [2.45, 2.75) is 27.2 Å². The topological polar surface area (TPSA) is 15.6 Å². The third-order valence-electron chi connectivity index (χ3n) is 2.74. The van der Waals surface area contributed by atoms with Gasteiger partial charge in [0, 0.05) is 20.0 Å². The molecule has 0 aliphatic rings. The van der Waals surface area contributed by atoms with E-state index >= 15 is 0 Å². The number of benzene rings is 1. The summed E-state index contributed by atoms with van der Waals surface area (Å²) in [5.41, 5.74) is 4.59. The van der Waals surface area contributed by atoms with Crippen LogP contribution in [-0.2, 0) is 6.42 Å². The lowest BCUT2D eigenvalue weighted by atomic mass is 10.0. The Morgan fingerprint density at radius 3 is 2.41 bits per heavy atom. The van der Waals surface area contributed by atoms with Gasteiger partial charge in [0.05, 0.1) is 12.0 Å². The molecule has 0 aliphatic heterocycles. The van der Waals surface area contributed by atoms with Gasteiger partial charge in [-0.2, -0.15) is 0 Å². The normalized spacial score (nSPS) is 10.5. The van der Waals surface area contributed by atoms with Crippen LogP contribution in [-0.4, -0.2) is 24.8 Å². The lowest BCUT2D eigenvalue weighted by Crippen LogP contribution is -2.14. The van der Waals surface area contributed by atoms with Gasteiger partial charge in [-0.25, -0.2) is 4.99 Å². The third-order valence-corrected chi connectivity index (χ3v) is 2.74. The molecule has 0 aliphatic carbocycles. The zero-order valence-electron chi connectivity index (χ0n) is 11.1. The average Bonchev–Trinajstić information content (AvgIpc) is 2.28. The highest BCUT2D eigenvalue weighted by atomic mass is 15.1. The van der Waals surface area contributed by atoms with Crippen LogP contribution in [0.2, 0.25) is 0 Å². The molecule has 0 bridgehead atoms. The molecule has 17 heavy (non-hydrogen) atoms. The van der Waals surface area contributed by atoms with Crippen molar-refractivity contribution >= 4 is 12.0 Å². The van der Waals surface area contributed by atoms with Crippen molar-refractivity contribution in [2.24, 2.45) is 4.99 Å². The molecule has 0 saturated carbocycles. The molecule has 0 unspecified atom stereocenters. The van der Waals surface area contributed by atoms with Gasteiger partial charge in [0.15, 0.2) is 0 Å². The lowest BCUT2D eigenvalue weighted by molar-refractivity contribution is 0.552. The Hall–Kier alpha value is -1.75. The lowest BCUT2D eigenvalue weighted by Gasteiger charge is -2.11. The maximum absolute atomic E-state index is 5.33. The average molecular weight is 228 g/mol. The van der Waals surface area contributed by atoms with E-state index in [2.05, 4.69) is 43.8 Å². The molecule has 2 nitrogen and oxygen atoms in total. The van der Waals surface area contributed by atoms with Gasteiger partial charge in [-0.3, -0.25) is 0 Å². The number of nitrogens with zero attached hydrogens (tertiary/aromatic N) is 2. The van der Waals surface area contributed by atoms with Crippen LogP contribution >= 0.6 is 0 Å². The van der Waals surface area contributed by atoms with Gasteiger partial charge in [0.1, 0.15) is 0 Å². The van der Waals surface area contributed by atoms with Gasteiger partial charge in [-0.15, -0.1) is 12.3 Å². The number of hydrogen-bond acceptors (Lipinski definition) is 1. The highest BCUT2D eigenvalue weighted by molar-refractivity contribution is 5.65. The van der Waals surface area contributed by atoms with Gasteiger partial charge in [0.25, 0.3) is 0 Å². The fourth-order valence-electron chi connectivity index (χ4n) is 1.71. The van der Waals surface area contributed by atoms with Gasteiger partial charge < -0.3 is 4.90 Å². The molecule has 0 amide bonds. The van der Waals surface area contributed by atoms with Crippen molar-refractivity contribution in [3.63, 3.8) is 0 Å². The van der Waals surface area contributed by atoms with Crippen LogP contribution in [0.5, 0.6) is 0 Å². The van der Waals surface area contributed by atoms with E-state index in [1.807, 2.05) is 18.3 Å². The number of aryl methyl sites for hydroxylation is 2. The first-order chi connectivity index (χ1) is 8.08. The van der Waals surface area contributed by atoms with Crippen molar-refractivity contribution in [1.82, 2.24) is 4.90 Å². The maximum Gasteiger partial charge on any atom is 0.0909 e. The van der Waals surface area contributed by atoms with Crippen LogP contribution in [0.3, 0.4) is 0 Å². The number of hydrogen-bond donors (Lipinski definition) is 0.